The van der Waals surface area contributed by atoms with E-state index in [-0.39, 0.29) is 11.9 Å². The van der Waals surface area contributed by atoms with E-state index in [1.165, 1.54) is 10.5 Å². The molecule has 0 aliphatic rings. The molecule has 2 aromatic carbocycles. The molecular formula is C18H21ClN2OS. The van der Waals surface area contributed by atoms with Gasteiger partial charge < -0.3 is 11.1 Å². The van der Waals surface area contributed by atoms with Crippen LogP contribution < -0.4 is 11.1 Å². The Bertz CT molecular complexity index is 626. The fourth-order valence-electron chi connectivity index (χ4n) is 1.97. The van der Waals surface area contributed by atoms with Crippen LogP contribution in [0.1, 0.15) is 29.3 Å². The van der Waals surface area contributed by atoms with Crippen LogP contribution in [0.3, 0.4) is 0 Å². The number of halogens is 1. The summed E-state index contributed by atoms with van der Waals surface area (Å²) in [4.78, 5) is 13.2. The molecular weight excluding hydrogens is 328 g/mol. The summed E-state index contributed by atoms with van der Waals surface area (Å²) in [6.45, 7) is 2.53. The van der Waals surface area contributed by atoms with Crippen LogP contribution in [0.5, 0.6) is 0 Å². The molecule has 5 heteroatoms. The molecule has 2 rings (SSSR count). The normalized spacial score (nSPS) is 12.0. The maximum Gasteiger partial charge on any atom is 0.251 e. The molecule has 3 N–H and O–H groups in total. The smallest absolute Gasteiger partial charge is 0.251 e. The van der Waals surface area contributed by atoms with E-state index in [0.717, 1.165) is 17.2 Å². The molecule has 0 spiro atoms. The molecule has 1 unspecified atom stereocenters. The van der Waals surface area contributed by atoms with Crippen LogP contribution in [0.15, 0.2) is 53.4 Å². The number of nitrogens with two attached hydrogens (primary N) is 1. The highest BCUT2D eigenvalue weighted by atomic mass is 35.5. The molecule has 1 atom stereocenters. The predicted molar refractivity (Wildman–Crippen MR) is 98.1 cm³/mol. The maximum absolute atomic E-state index is 12.0. The molecule has 0 radical (unpaired) electrons. The number of hydrogen-bond acceptors (Lipinski definition) is 3. The number of hydrogen-bond donors (Lipinski definition) is 2. The number of thioether (sulfide) groups is 1. The first-order valence-electron chi connectivity index (χ1n) is 7.55. The second-order valence-electron chi connectivity index (χ2n) is 5.46. The zero-order valence-corrected chi connectivity index (χ0v) is 14.7. The fourth-order valence-corrected chi connectivity index (χ4v) is 2.95. The van der Waals surface area contributed by atoms with Crippen LogP contribution in [0.25, 0.3) is 0 Å². The SMILES string of the molecule is CC(N)CCNC(=O)c1ccc(CSc2ccc(Cl)cc2)cc1. The number of nitrogens with one attached hydrogen (secondary N) is 1. The fraction of sp³-hybridized carbons (Fsp3) is 0.278. The van der Waals surface area contributed by atoms with Crippen LogP contribution in [-0.2, 0) is 5.75 Å². The summed E-state index contributed by atoms with van der Waals surface area (Å²) in [6.07, 6.45) is 0.779. The molecule has 0 saturated heterocycles. The molecule has 3 nitrogen and oxygen atoms in total. The van der Waals surface area contributed by atoms with E-state index in [1.54, 1.807) is 11.8 Å². The summed E-state index contributed by atoms with van der Waals surface area (Å²) in [7, 11) is 0. The van der Waals surface area contributed by atoms with Crippen molar-refractivity contribution in [3.8, 4) is 0 Å². The van der Waals surface area contributed by atoms with Gasteiger partial charge in [0.15, 0.2) is 0 Å². The molecule has 0 fully saturated rings. The van der Waals surface area contributed by atoms with Crippen LogP contribution in [0.2, 0.25) is 5.02 Å². The minimum atomic E-state index is -0.0532. The van der Waals surface area contributed by atoms with Crippen molar-refractivity contribution in [2.45, 2.75) is 30.0 Å². The molecule has 0 bridgehead atoms. The van der Waals surface area contributed by atoms with Gasteiger partial charge in [0.1, 0.15) is 0 Å². The van der Waals surface area contributed by atoms with E-state index in [0.29, 0.717) is 12.1 Å². The van der Waals surface area contributed by atoms with Gasteiger partial charge in [-0.15, -0.1) is 11.8 Å². The lowest BCUT2D eigenvalue weighted by Gasteiger charge is -2.08. The molecule has 0 aromatic heterocycles. The van der Waals surface area contributed by atoms with Gasteiger partial charge in [0.05, 0.1) is 0 Å². The summed E-state index contributed by atoms with van der Waals surface area (Å²) in [6, 6.07) is 15.6. The molecule has 0 aliphatic carbocycles. The van der Waals surface area contributed by atoms with Gasteiger partial charge in [-0.05, 0) is 55.3 Å². The molecule has 0 saturated carbocycles. The van der Waals surface area contributed by atoms with E-state index < -0.39 is 0 Å². The Hall–Kier alpha value is -1.49. The third-order valence-corrected chi connectivity index (χ3v) is 4.66. The van der Waals surface area contributed by atoms with Crippen LogP contribution in [-0.4, -0.2) is 18.5 Å². The second-order valence-corrected chi connectivity index (χ2v) is 6.95. The van der Waals surface area contributed by atoms with Gasteiger partial charge in [0.25, 0.3) is 5.91 Å². The van der Waals surface area contributed by atoms with Crippen molar-refractivity contribution in [3.05, 3.63) is 64.7 Å². The monoisotopic (exact) mass is 348 g/mol. The lowest BCUT2D eigenvalue weighted by molar-refractivity contribution is 0.0953. The Labute approximate surface area is 146 Å². The topological polar surface area (TPSA) is 55.1 Å². The van der Waals surface area contributed by atoms with Crippen molar-refractivity contribution in [3.63, 3.8) is 0 Å². The highest BCUT2D eigenvalue weighted by Gasteiger charge is 2.05. The van der Waals surface area contributed by atoms with E-state index in [4.69, 9.17) is 17.3 Å². The third kappa shape index (κ3) is 6.26. The average Bonchev–Trinajstić information content (AvgIpc) is 2.54. The Balaban J connectivity index is 1.84. The van der Waals surface area contributed by atoms with Crippen LogP contribution in [0.4, 0.5) is 0 Å². The van der Waals surface area contributed by atoms with Gasteiger partial charge in [-0.2, -0.15) is 0 Å². The molecule has 1 amide bonds. The lowest BCUT2D eigenvalue weighted by atomic mass is 10.1. The van der Waals surface area contributed by atoms with Crippen molar-refractivity contribution in [1.82, 2.24) is 5.32 Å². The summed E-state index contributed by atoms with van der Waals surface area (Å²) < 4.78 is 0. The van der Waals surface area contributed by atoms with Gasteiger partial charge in [-0.1, -0.05) is 23.7 Å². The second kappa shape index (κ2) is 8.96. The number of benzene rings is 2. The van der Waals surface area contributed by atoms with Gasteiger partial charge >= 0.3 is 0 Å². The third-order valence-electron chi connectivity index (χ3n) is 3.32. The quantitative estimate of drug-likeness (QED) is 0.741. The Kier molecular flexibility index (Phi) is 6.96. The molecule has 23 heavy (non-hydrogen) atoms. The summed E-state index contributed by atoms with van der Waals surface area (Å²) in [5.74, 6) is 0.802. The van der Waals surface area contributed by atoms with E-state index >= 15 is 0 Å². The minimum Gasteiger partial charge on any atom is -0.352 e. The molecule has 122 valence electrons. The van der Waals surface area contributed by atoms with Crippen LogP contribution in [0, 0.1) is 0 Å². The predicted octanol–water partition coefficient (Wildman–Crippen LogP) is 4.10. The zero-order valence-electron chi connectivity index (χ0n) is 13.1. The van der Waals surface area contributed by atoms with Crippen molar-refractivity contribution in [1.29, 1.82) is 0 Å². The Morgan fingerprint density at radius 3 is 2.43 bits per heavy atom. The van der Waals surface area contributed by atoms with E-state index in [2.05, 4.69) is 5.32 Å². The van der Waals surface area contributed by atoms with Gasteiger partial charge in [0.2, 0.25) is 0 Å². The Morgan fingerprint density at radius 2 is 1.83 bits per heavy atom. The van der Waals surface area contributed by atoms with Crippen LogP contribution >= 0.6 is 23.4 Å². The van der Waals surface area contributed by atoms with Crippen molar-refractivity contribution >= 4 is 29.3 Å². The summed E-state index contributed by atoms with van der Waals surface area (Å²) in [5, 5.41) is 3.62. The minimum absolute atomic E-state index is 0.0532. The number of carbonyl (C=O) groups excluding carboxylic acids is 1. The number of carbonyl (C=O) groups is 1. The first-order chi connectivity index (χ1) is 11.0. The van der Waals surface area contributed by atoms with E-state index in [9.17, 15) is 4.79 Å². The molecule has 2 aromatic rings. The molecule has 0 aliphatic heterocycles. The highest BCUT2D eigenvalue weighted by molar-refractivity contribution is 7.98. The van der Waals surface area contributed by atoms with Gasteiger partial charge in [-0.25, -0.2) is 0 Å². The maximum atomic E-state index is 12.0. The largest absolute Gasteiger partial charge is 0.352 e. The van der Waals surface area contributed by atoms with Crippen molar-refractivity contribution in [2.24, 2.45) is 5.73 Å². The molecule has 0 heterocycles. The van der Waals surface area contributed by atoms with Crippen molar-refractivity contribution < 1.29 is 4.79 Å². The Morgan fingerprint density at radius 1 is 1.17 bits per heavy atom. The summed E-state index contributed by atoms with van der Waals surface area (Å²) in [5.41, 5.74) is 7.52. The standard InChI is InChI=1S/C18H21ClN2OS/c1-13(20)10-11-21-18(22)15-4-2-14(3-5-15)12-23-17-8-6-16(19)7-9-17/h2-9,13H,10-12,20H2,1H3,(H,21,22). The first kappa shape index (κ1) is 17.9. The zero-order chi connectivity index (χ0) is 16.7. The van der Waals surface area contributed by atoms with Gasteiger partial charge in [-0.3, -0.25) is 4.79 Å². The highest BCUT2D eigenvalue weighted by Crippen LogP contribution is 2.24. The number of rotatable bonds is 7. The average molecular weight is 349 g/mol. The summed E-state index contributed by atoms with van der Waals surface area (Å²) >= 11 is 7.62. The van der Waals surface area contributed by atoms with E-state index in [1.807, 2.05) is 55.5 Å². The number of amides is 1. The first-order valence-corrected chi connectivity index (χ1v) is 8.92. The van der Waals surface area contributed by atoms with Gasteiger partial charge in [0, 0.05) is 33.8 Å². The lowest BCUT2D eigenvalue weighted by Crippen LogP contribution is -2.28. The van der Waals surface area contributed by atoms with Crippen molar-refractivity contribution in [2.75, 3.05) is 6.54 Å².